The van der Waals surface area contributed by atoms with Crippen molar-refractivity contribution in [2.24, 2.45) is 0 Å². The summed E-state index contributed by atoms with van der Waals surface area (Å²) in [5, 5.41) is 12.0. The van der Waals surface area contributed by atoms with Crippen LogP contribution in [0.1, 0.15) is 0 Å². The largest absolute Gasteiger partial charge is 0.272 e. The molecule has 0 unspecified atom stereocenters. The summed E-state index contributed by atoms with van der Waals surface area (Å²) in [4.78, 5) is 4.26. The van der Waals surface area contributed by atoms with Crippen LogP contribution in [0.2, 0.25) is 0 Å². The van der Waals surface area contributed by atoms with Crippen LogP contribution in [0.5, 0.6) is 0 Å². The monoisotopic (exact) mass is 236 g/mol. The molecule has 0 saturated heterocycles. The Hall–Kier alpha value is -2.76. The van der Waals surface area contributed by atoms with E-state index in [1.54, 1.807) is 23.1 Å². The summed E-state index contributed by atoms with van der Waals surface area (Å²) >= 11 is 0. The predicted molar refractivity (Wildman–Crippen MR) is 65.0 cm³/mol. The fourth-order valence-electron chi connectivity index (χ4n) is 2.03. The van der Waals surface area contributed by atoms with E-state index in [1.807, 2.05) is 35.0 Å². The summed E-state index contributed by atoms with van der Waals surface area (Å²) in [7, 11) is 0. The molecule has 0 aliphatic heterocycles. The van der Waals surface area contributed by atoms with Crippen molar-refractivity contribution in [2.75, 3.05) is 0 Å². The molecule has 6 nitrogen and oxygen atoms in total. The zero-order chi connectivity index (χ0) is 11.9. The minimum absolute atomic E-state index is 0.589. The Morgan fingerprint density at radius 3 is 3.11 bits per heavy atom. The first-order valence-electron chi connectivity index (χ1n) is 5.50. The van der Waals surface area contributed by atoms with Crippen molar-refractivity contribution in [1.29, 1.82) is 0 Å². The quantitative estimate of drug-likeness (QED) is 0.501. The first-order chi connectivity index (χ1) is 8.92. The molecule has 0 fully saturated rings. The number of hydrogen-bond donors (Lipinski definition) is 0. The highest BCUT2D eigenvalue weighted by Gasteiger charge is 2.06. The number of aromatic nitrogens is 6. The van der Waals surface area contributed by atoms with Crippen molar-refractivity contribution in [3.8, 4) is 11.3 Å². The van der Waals surface area contributed by atoms with Gasteiger partial charge in [0.05, 0.1) is 17.4 Å². The van der Waals surface area contributed by atoms with E-state index in [2.05, 4.69) is 20.3 Å². The van der Waals surface area contributed by atoms with Gasteiger partial charge in [-0.25, -0.2) is 9.50 Å². The average molecular weight is 236 g/mol. The molecule has 0 aromatic carbocycles. The Morgan fingerprint density at radius 1 is 1.11 bits per heavy atom. The van der Waals surface area contributed by atoms with E-state index in [4.69, 9.17) is 0 Å². The highest BCUT2D eigenvalue weighted by molar-refractivity contribution is 5.63. The van der Waals surface area contributed by atoms with Crippen LogP contribution in [0.25, 0.3) is 22.6 Å². The second-order valence-corrected chi connectivity index (χ2v) is 3.96. The Balaban J connectivity index is 2.03. The number of fused-ring (bicyclic) bond motifs is 2. The Bertz CT molecular complexity index is 844. The first kappa shape index (κ1) is 9.29. The van der Waals surface area contributed by atoms with Gasteiger partial charge in [0.2, 0.25) is 0 Å². The van der Waals surface area contributed by atoms with E-state index in [0.717, 1.165) is 16.8 Å². The van der Waals surface area contributed by atoms with E-state index in [-0.39, 0.29) is 0 Å². The van der Waals surface area contributed by atoms with Crippen molar-refractivity contribution in [3.05, 3.63) is 49.2 Å². The molecule has 0 N–H and O–H groups in total. The van der Waals surface area contributed by atoms with Gasteiger partial charge in [0.25, 0.3) is 5.78 Å². The third kappa shape index (κ3) is 1.22. The molecule has 4 aromatic heterocycles. The molecule has 0 amide bonds. The number of pyridine rings is 1. The van der Waals surface area contributed by atoms with Gasteiger partial charge in [0.15, 0.2) is 0 Å². The third-order valence-electron chi connectivity index (χ3n) is 2.87. The standard InChI is InChI=1S/C12H8N6/c1-2-10-4-5-15-18(10)11(3-1)9-6-13-12-16-14-8-17(12)7-9/h1-8H. The van der Waals surface area contributed by atoms with Crippen molar-refractivity contribution < 1.29 is 0 Å². The second-order valence-electron chi connectivity index (χ2n) is 3.96. The van der Waals surface area contributed by atoms with Crippen LogP contribution in [0.4, 0.5) is 0 Å². The normalized spacial score (nSPS) is 11.3. The molecule has 0 aliphatic rings. The average Bonchev–Trinajstić information content (AvgIpc) is 3.05. The summed E-state index contributed by atoms with van der Waals surface area (Å²) in [5.74, 6) is 0.589. The van der Waals surface area contributed by atoms with Crippen molar-refractivity contribution in [2.45, 2.75) is 0 Å². The minimum atomic E-state index is 0.589. The molecule has 0 radical (unpaired) electrons. The summed E-state index contributed by atoms with van der Waals surface area (Å²) in [6.45, 7) is 0. The van der Waals surface area contributed by atoms with Crippen LogP contribution >= 0.6 is 0 Å². The van der Waals surface area contributed by atoms with Gasteiger partial charge >= 0.3 is 0 Å². The SMILES string of the molecule is c1cc(-c2cnc3nncn3c2)n2nccc2c1. The Kier molecular flexibility index (Phi) is 1.74. The number of hydrogen-bond acceptors (Lipinski definition) is 4. The molecule has 4 aromatic rings. The lowest BCUT2D eigenvalue weighted by Gasteiger charge is -2.04. The van der Waals surface area contributed by atoms with E-state index in [0.29, 0.717) is 5.78 Å². The van der Waals surface area contributed by atoms with Crippen LogP contribution in [-0.2, 0) is 0 Å². The first-order valence-corrected chi connectivity index (χ1v) is 5.50. The van der Waals surface area contributed by atoms with E-state index >= 15 is 0 Å². The lowest BCUT2D eigenvalue weighted by molar-refractivity contribution is 0.963. The predicted octanol–water partition coefficient (Wildman–Crippen LogP) is 1.44. The maximum Gasteiger partial charge on any atom is 0.254 e. The van der Waals surface area contributed by atoms with Gasteiger partial charge in [-0.15, -0.1) is 10.2 Å². The van der Waals surface area contributed by atoms with Crippen molar-refractivity contribution in [1.82, 2.24) is 29.2 Å². The number of rotatable bonds is 1. The highest BCUT2D eigenvalue weighted by Crippen LogP contribution is 2.19. The van der Waals surface area contributed by atoms with Gasteiger partial charge < -0.3 is 0 Å². The van der Waals surface area contributed by atoms with Crippen molar-refractivity contribution in [3.63, 3.8) is 0 Å². The topological polar surface area (TPSA) is 60.4 Å². The molecule has 86 valence electrons. The molecular formula is C12H8N6. The molecule has 4 heterocycles. The van der Waals surface area contributed by atoms with Crippen LogP contribution in [0, 0.1) is 0 Å². The van der Waals surface area contributed by atoms with Gasteiger partial charge in [-0.05, 0) is 18.2 Å². The molecule has 0 bridgehead atoms. The van der Waals surface area contributed by atoms with Gasteiger partial charge in [0, 0.05) is 18.0 Å². The van der Waals surface area contributed by atoms with E-state index in [1.165, 1.54) is 0 Å². The van der Waals surface area contributed by atoms with Crippen molar-refractivity contribution >= 4 is 11.3 Å². The molecular weight excluding hydrogens is 228 g/mol. The summed E-state index contributed by atoms with van der Waals surface area (Å²) in [6, 6.07) is 7.99. The smallest absolute Gasteiger partial charge is 0.254 e. The molecule has 0 atom stereocenters. The van der Waals surface area contributed by atoms with Crippen LogP contribution in [-0.4, -0.2) is 29.2 Å². The fraction of sp³-hybridized carbons (Fsp3) is 0. The van der Waals surface area contributed by atoms with E-state index in [9.17, 15) is 0 Å². The lowest BCUT2D eigenvalue weighted by atomic mass is 10.2. The summed E-state index contributed by atoms with van der Waals surface area (Å²) < 4.78 is 3.67. The zero-order valence-corrected chi connectivity index (χ0v) is 9.30. The fourth-order valence-corrected chi connectivity index (χ4v) is 2.03. The summed E-state index contributed by atoms with van der Waals surface area (Å²) in [5.41, 5.74) is 3.01. The van der Waals surface area contributed by atoms with Gasteiger partial charge in [-0.3, -0.25) is 4.40 Å². The minimum Gasteiger partial charge on any atom is -0.272 e. The van der Waals surface area contributed by atoms with E-state index < -0.39 is 0 Å². The maximum atomic E-state index is 4.31. The molecule has 6 heteroatoms. The van der Waals surface area contributed by atoms with Crippen LogP contribution in [0.3, 0.4) is 0 Å². The molecule has 0 saturated carbocycles. The Labute approximate surface area is 102 Å². The second kappa shape index (κ2) is 3.36. The van der Waals surface area contributed by atoms with Gasteiger partial charge in [-0.1, -0.05) is 6.07 Å². The maximum absolute atomic E-state index is 4.31. The molecule has 18 heavy (non-hydrogen) atoms. The lowest BCUT2D eigenvalue weighted by Crippen LogP contribution is -1.96. The summed E-state index contributed by atoms with van der Waals surface area (Å²) in [6.07, 6.45) is 7.14. The third-order valence-corrected chi connectivity index (χ3v) is 2.87. The van der Waals surface area contributed by atoms with Gasteiger partial charge in [0.1, 0.15) is 6.33 Å². The molecule has 0 aliphatic carbocycles. The molecule has 0 spiro atoms. The highest BCUT2D eigenvalue weighted by atomic mass is 15.3. The zero-order valence-electron chi connectivity index (χ0n) is 9.30. The van der Waals surface area contributed by atoms with Crippen LogP contribution in [0.15, 0.2) is 49.2 Å². The number of nitrogens with zero attached hydrogens (tertiary/aromatic N) is 6. The van der Waals surface area contributed by atoms with Gasteiger partial charge in [-0.2, -0.15) is 5.10 Å². The Morgan fingerprint density at radius 2 is 2.11 bits per heavy atom. The molecule has 4 rings (SSSR count). The van der Waals surface area contributed by atoms with Crippen LogP contribution < -0.4 is 0 Å².